The third-order valence-electron chi connectivity index (χ3n) is 5.52. The molecule has 1 fully saturated rings. The lowest BCUT2D eigenvalue weighted by Crippen LogP contribution is -2.45. The summed E-state index contributed by atoms with van der Waals surface area (Å²) in [6, 6.07) is 7.50. The summed E-state index contributed by atoms with van der Waals surface area (Å²) in [5.74, 6) is 2.44. The van der Waals surface area contributed by atoms with Gasteiger partial charge in [-0.1, -0.05) is 5.16 Å². The van der Waals surface area contributed by atoms with Crippen molar-refractivity contribution in [3.63, 3.8) is 0 Å². The highest BCUT2D eigenvalue weighted by molar-refractivity contribution is 5.88. The second-order valence-electron chi connectivity index (χ2n) is 7.67. The molecule has 0 aliphatic carbocycles. The molecule has 0 unspecified atom stereocenters. The number of carbonyl (C=O) groups is 1. The molecule has 0 radical (unpaired) electrons. The average molecular weight is 425 g/mol. The van der Waals surface area contributed by atoms with Gasteiger partial charge in [-0.15, -0.1) is 0 Å². The normalized spacial score (nSPS) is 15.1. The van der Waals surface area contributed by atoms with Crippen molar-refractivity contribution in [3.8, 4) is 11.5 Å². The third-order valence-corrected chi connectivity index (χ3v) is 5.52. The molecule has 0 atom stereocenters. The zero-order chi connectivity index (χ0) is 21.8. The number of hydrogen-bond donors (Lipinski definition) is 2. The largest absolute Gasteiger partial charge is 0.493 e. The minimum absolute atomic E-state index is 0.128. The monoisotopic (exact) mass is 425 g/mol. The molecule has 2 aromatic heterocycles. The van der Waals surface area contributed by atoms with E-state index in [9.17, 15) is 4.79 Å². The number of piperidine rings is 1. The summed E-state index contributed by atoms with van der Waals surface area (Å²) in [6.45, 7) is 4.38. The summed E-state index contributed by atoms with van der Waals surface area (Å²) in [7, 11) is 3.26. The Bertz CT molecular complexity index is 1060. The zero-order valence-electron chi connectivity index (χ0n) is 18.0. The second-order valence-corrected chi connectivity index (χ2v) is 7.67. The molecule has 2 N–H and O–H groups in total. The number of anilines is 1. The summed E-state index contributed by atoms with van der Waals surface area (Å²) in [4.78, 5) is 19.0. The van der Waals surface area contributed by atoms with E-state index in [-0.39, 0.29) is 12.1 Å². The van der Waals surface area contributed by atoms with Crippen molar-refractivity contribution < 1.29 is 18.8 Å². The van der Waals surface area contributed by atoms with Gasteiger partial charge in [-0.25, -0.2) is 4.79 Å². The Morgan fingerprint density at radius 3 is 2.61 bits per heavy atom. The molecule has 3 heterocycles. The van der Waals surface area contributed by atoms with Crippen LogP contribution < -0.4 is 20.1 Å². The van der Waals surface area contributed by atoms with E-state index in [0.717, 1.165) is 43.4 Å². The predicted octanol–water partition coefficient (Wildman–Crippen LogP) is 3.33. The Morgan fingerprint density at radius 1 is 1.19 bits per heavy atom. The minimum atomic E-state index is -0.257. The first-order valence-corrected chi connectivity index (χ1v) is 10.3. The number of nitrogens with zero attached hydrogens (tertiary/aromatic N) is 3. The summed E-state index contributed by atoms with van der Waals surface area (Å²) in [6.07, 6.45) is 3.59. The van der Waals surface area contributed by atoms with Crippen LogP contribution in [0.4, 0.5) is 10.6 Å². The maximum Gasteiger partial charge on any atom is 0.320 e. The fourth-order valence-electron chi connectivity index (χ4n) is 3.91. The molecule has 1 saturated heterocycles. The van der Waals surface area contributed by atoms with Crippen LogP contribution in [0, 0.1) is 6.92 Å². The molecule has 31 heavy (non-hydrogen) atoms. The van der Waals surface area contributed by atoms with E-state index in [4.69, 9.17) is 14.0 Å². The molecule has 0 bridgehead atoms. The standard InChI is InChI=1S/C22H27N5O4/c1-14-10-21(26-31-14)25-22(28)24-16-5-8-27(9-6-16)13-15-4-7-23-18-12-20(30-3)19(29-2)11-17(15)18/h4,7,10-12,16H,5-6,8-9,13H2,1-3H3,(H2,24,25,26,28). The van der Waals surface area contributed by atoms with Crippen LogP contribution in [0.15, 0.2) is 35.0 Å². The van der Waals surface area contributed by atoms with Crippen LogP contribution in [0.5, 0.6) is 11.5 Å². The third kappa shape index (κ3) is 4.88. The molecule has 0 spiro atoms. The van der Waals surface area contributed by atoms with Gasteiger partial charge in [0.25, 0.3) is 0 Å². The molecule has 1 aliphatic rings. The number of likely N-dealkylation sites (tertiary alicyclic amines) is 1. The number of carbonyl (C=O) groups excluding carboxylic acids is 1. The average Bonchev–Trinajstić information content (AvgIpc) is 3.18. The SMILES string of the molecule is COc1cc2nccc(CN3CCC(NC(=O)Nc4cc(C)on4)CC3)c2cc1OC. The van der Waals surface area contributed by atoms with Crippen LogP contribution in [0.1, 0.15) is 24.2 Å². The summed E-state index contributed by atoms with van der Waals surface area (Å²) in [5, 5.41) is 10.6. The van der Waals surface area contributed by atoms with Crippen molar-refractivity contribution in [2.45, 2.75) is 32.4 Å². The van der Waals surface area contributed by atoms with Crippen molar-refractivity contribution in [3.05, 3.63) is 41.8 Å². The fraction of sp³-hybridized carbons (Fsp3) is 0.409. The van der Waals surface area contributed by atoms with E-state index in [1.807, 2.05) is 24.4 Å². The molecule has 1 aliphatic heterocycles. The number of fused-ring (bicyclic) bond motifs is 1. The number of methoxy groups -OCH3 is 2. The van der Waals surface area contributed by atoms with Crippen LogP contribution in [0.3, 0.4) is 0 Å². The van der Waals surface area contributed by atoms with Crippen LogP contribution in [0.2, 0.25) is 0 Å². The molecule has 9 heteroatoms. The first-order valence-electron chi connectivity index (χ1n) is 10.3. The quantitative estimate of drug-likeness (QED) is 0.624. The molecule has 3 aromatic rings. The Morgan fingerprint density at radius 2 is 1.94 bits per heavy atom. The number of benzene rings is 1. The van der Waals surface area contributed by atoms with Crippen molar-refractivity contribution in [1.82, 2.24) is 20.4 Å². The molecule has 164 valence electrons. The van der Waals surface area contributed by atoms with Gasteiger partial charge in [-0.05, 0) is 37.5 Å². The number of pyridine rings is 1. The molecule has 1 aromatic carbocycles. The van der Waals surface area contributed by atoms with Crippen LogP contribution >= 0.6 is 0 Å². The van der Waals surface area contributed by atoms with Crippen molar-refractivity contribution in [1.29, 1.82) is 0 Å². The lowest BCUT2D eigenvalue weighted by atomic mass is 10.0. The lowest BCUT2D eigenvalue weighted by molar-refractivity contribution is 0.190. The number of ether oxygens (including phenoxy) is 2. The van der Waals surface area contributed by atoms with Gasteiger partial charge in [0.15, 0.2) is 17.3 Å². The van der Waals surface area contributed by atoms with Gasteiger partial charge in [0.05, 0.1) is 19.7 Å². The molecule has 0 saturated carbocycles. The van der Waals surface area contributed by atoms with Crippen LogP contribution in [0.25, 0.3) is 10.9 Å². The molecule has 9 nitrogen and oxygen atoms in total. The number of hydrogen-bond acceptors (Lipinski definition) is 7. The topological polar surface area (TPSA) is 102 Å². The van der Waals surface area contributed by atoms with Gasteiger partial charge in [-0.2, -0.15) is 0 Å². The maximum atomic E-state index is 12.2. The number of nitrogens with one attached hydrogen (secondary N) is 2. The zero-order valence-corrected chi connectivity index (χ0v) is 18.0. The van der Waals surface area contributed by atoms with Crippen molar-refractivity contribution in [2.24, 2.45) is 0 Å². The maximum absolute atomic E-state index is 12.2. The van der Waals surface area contributed by atoms with Gasteiger partial charge in [0, 0.05) is 49.4 Å². The number of amides is 2. The first kappa shape index (κ1) is 20.9. The molecule has 2 amide bonds. The highest BCUT2D eigenvalue weighted by Crippen LogP contribution is 2.33. The minimum Gasteiger partial charge on any atom is -0.493 e. The highest BCUT2D eigenvalue weighted by Gasteiger charge is 2.22. The van der Waals surface area contributed by atoms with Gasteiger partial charge >= 0.3 is 6.03 Å². The van der Waals surface area contributed by atoms with Crippen molar-refractivity contribution >= 4 is 22.8 Å². The van der Waals surface area contributed by atoms with Crippen LogP contribution in [-0.2, 0) is 6.54 Å². The summed E-state index contributed by atoms with van der Waals surface area (Å²) >= 11 is 0. The van der Waals surface area contributed by atoms with Crippen molar-refractivity contribution in [2.75, 3.05) is 32.6 Å². The highest BCUT2D eigenvalue weighted by atomic mass is 16.5. The predicted molar refractivity (Wildman–Crippen MR) is 117 cm³/mol. The smallest absolute Gasteiger partial charge is 0.320 e. The number of aryl methyl sites for hydroxylation is 1. The van der Waals surface area contributed by atoms with E-state index in [1.54, 1.807) is 27.2 Å². The van der Waals surface area contributed by atoms with Gasteiger partial charge in [0.2, 0.25) is 0 Å². The van der Waals surface area contributed by atoms with E-state index in [2.05, 4.69) is 25.7 Å². The van der Waals surface area contributed by atoms with E-state index in [0.29, 0.717) is 23.1 Å². The number of aromatic nitrogens is 2. The van der Waals surface area contributed by atoms with Crippen LogP contribution in [-0.4, -0.2) is 54.4 Å². The summed E-state index contributed by atoms with van der Waals surface area (Å²) < 4.78 is 15.8. The Labute approximate surface area is 180 Å². The Hall–Kier alpha value is -3.33. The molecular weight excluding hydrogens is 398 g/mol. The summed E-state index contributed by atoms with van der Waals surface area (Å²) in [5.41, 5.74) is 2.07. The Kier molecular flexibility index (Phi) is 6.22. The van der Waals surface area contributed by atoms with Gasteiger partial charge in [0.1, 0.15) is 5.76 Å². The number of rotatable bonds is 6. The fourth-order valence-corrected chi connectivity index (χ4v) is 3.91. The number of urea groups is 1. The Balaban J connectivity index is 1.35. The van der Waals surface area contributed by atoms with Gasteiger partial charge in [-0.3, -0.25) is 15.2 Å². The molecular formula is C22H27N5O4. The van der Waals surface area contributed by atoms with E-state index < -0.39 is 0 Å². The molecule has 4 rings (SSSR count). The first-order chi connectivity index (χ1) is 15.1. The van der Waals surface area contributed by atoms with E-state index in [1.165, 1.54) is 5.56 Å². The lowest BCUT2D eigenvalue weighted by Gasteiger charge is -2.32. The second kappa shape index (κ2) is 9.22. The van der Waals surface area contributed by atoms with Gasteiger partial charge < -0.3 is 19.3 Å². The van der Waals surface area contributed by atoms with E-state index >= 15 is 0 Å².